The van der Waals surface area contributed by atoms with E-state index >= 15 is 0 Å². The van der Waals surface area contributed by atoms with Crippen LogP contribution in [0.2, 0.25) is 5.02 Å². The van der Waals surface area contributed by atoms with Gasteiger partial charge >= 0.3 is 0 Å². The topological polar surface area (TPSA) is 67.0 Å². The maximum Gasteiger partial charge on any atom is 0.252 e. The maximum absolute atomic E-state index is 13.2. The number of anilines is 1. The van der Waals surface area contributed by atoms with Crippen molar-refractivity contribution in [1.82, 2.24) is 9.97 Å². The summed E-state index contributed by atoms with van der Waals surface area (Å²) < 4.78 is 18.3. The molecule has 2 N–H and O–H groups in total. The summed E-state index contributed by atoms with van der Waals surface area (Å²) in [7, 11) is 1.59. The summed E-state index contributed by atoms with van der Waals surface area (Å²) in [5.41, 5.74) is 1.81. The lowest BCUT2D eigenvalue weighted by atomic mass is 10.1. The number of methoxy groups -OCH3 is 1. The molecule has 0 saturated carbocycles. The summed E-state index contributed by atoms with van der Waals surface area (Å²) in [5.74, 6) is 0.567. The summed E-state index contributed by atoms with van der Waals surface area (Å²) in [4.78, 5) is 18.9. The zero-order valence-electron chi connectivity index (χ0n) is 13.3. The highest BCUT2D eigenvalue weighted by Gasteiger charge is 2.06. The largest absolute Gasteiger partial charge is 0.497 e. The van der Waals surface area contributed by atoms with Gasteiger partial charge in [0.2, 0.25) is 5.95 Å². The van der Waals surface area contributed by atoms with Crippen molar-refractivity contribution in [3.05, 3.63) is 75.3 Å². The van der Waals surface area contributed by atoms with Gasteiger partial charge in [0.15, 0.2) is 0 Å². The standard InChI is InChI=1S/C18H15ClFN3O2/c1-25-13-5-3-12(4-6-13)16-9-17(24)23-18(22-16)21-10-11-2-7-15(20)14(19)8-11/h2-9H,10H2,1H3,(H2,21,22,23,24). The van der Waals surface area contributed by atoms with E-state index in [1.54, 1.807) is 25.3 Å². The van der Waals surface area contributed by atoms with E-state index in [0.717, 1.165) is 16.9 Å². The van der Waals surface area contributed by atoms with Gasteiger partial charge in [0.25, 0.3) is 5.56 Å². The molecule has 3 aromatic rings. The van der Waals surface area contributed by atoms with Gasteiger partial charge in [0.1, 0.15) is 11.6 Å². The number of hydrogen-bond donors (Lipinski definition) is 2. The van der Waals surface area contributed by atoms with Crippen molar-refractivity contribution in [2.75, 3.05) is 12.4 Å². The van der Waals surface area contributed by atoms with Gasteiger partial charge in [0, 0.05) is 18.2 Å². The molecule has 0 fully saturated rings. The quantitative estimate of drug-likeness (QED) is 0.726. The fourth-order valence-corrected chi connectivity index (χ4v) is 2.49. The first-order valence-electron chi connectivity index (χ1n) is 7.49. The molecule has 1 heterocycles. The lowest BCUT2D eigenvalue weighted by Crippen LogP contribution is -2.12. The second-order valence-corrected chi connectivity index (χ2v) is 5.72. The lowest BCUT2D eigenvalue weighted by Gasteiger charge is -2.08. The molecule has 3 rings (SSSR count). The van der Waals surface area contributed by atoms with Gasteiger partial charge in [-0.3, -0.25) is 9.78 Å². The predicted molar refractivity (Wildman–Crippen MR) is 95.6 cm³/mol. The van der Waals surface area contributed by atoms with Crippen LogP contribution in [-0.2, 0) is 6.54 Å². The number of hydrogen-bond acceptors (Lipinski definition) is 4. The van der Waals surface area contributed by atoms with E-state index < -0.39 is 5.82 Å². The molecule has 0 radical (unpaired) electrons. The Labute approximate surface area is 148 Å². The van der Waals surface area contributed by atoms with E-state index in [0.29, 0.717) is 18.2 Å². The smallest absolute Gasteiger partial charge is 0.252 e. The van der Waals surface area contributed by atoms with Crippen LogP contribution >= 0.6 is 11.6 Å². The molecule has 5 nitrogen and oxygen atoms in total. The molecular formula is C18H15ClFN3O2. The van der Waals surface area contributed by atoms with Crippen molar-refractivity contribution in [3.8, 4) is 17.0 Å². The Morgan fingerprint density at radius 2 is 1.96 bits per heavy atom. The van der Waals surface area contributed by atoms with Crippen LogP contribution < -0.4 is 15.6 Å². The van der Waals surface area contributed by atoms with E-state index in [9.17, 15) is 9.18 Å². The minimum absolute atomic E-state index is 0.0488. The molecule has 0 unspecified atom stereocenters. The molecule has 1 aromatic heterocycles. The molecule has 0 atom stereocenters. The SMILES string of the molecule is COc1ccc(-c2cc(=O)[nH]c(NCc3ccc(F)c(Cl)c3)n2)cc1. The van der Waals surface area contributed by atoms with Crippen molar-refractivity contribution in [3.63, 3.8) is 0 Å². The minimum Gasteiger partial charge on any atom is -0.497 e. The van der Waals surface area contributed by atoms with Crippen LogP contribution in [-0.4, -0.2) is 17.1 Å². The van der Waals surface area contributed by atoms with Gasteiger partial charge in [-0.1, -0.05) is 17.7 Å². The van der Waals surface area contributed by atoms with Crippen molar-refractivity contribution < 1.29 is 9.13 Å². The first-order chi connectivity index (χ1) is 12.0. The lowest BCUT2D eigenvalue weighted by molar-refractivity contribution is 0.415. The number of aromatic nitrogens is 2. The van der Waals surface area contributed by atoms with Gasteiger partial charge in [0.05, 0.1) is 17.8 Å². The fraction of sp³-hybridized carbons (Fsp3) is 0.111. The van der Waals surface area contributed by atoms with Gasteiger partial charge in [-0.2, -0.15) is 0 Å². The van der Waals surface area contributed by atoms with Crippen LogP contribution in [0.3, 0.4) is 0 Å². The Balaban J connectivity index is 1.81. The molecule has 0 aliphatic carbocycles. The average molecular weight is 360 g/mol. The highest BCUT2D eigenvalue weighted by molar-refractivity contribution is 6.30. The van der Waals surface area contributed by atoms with Crippen LogP contribution in [0.15, 0.2) is 53.3 Å². The molecule has 0 bridgehead atoms. The molecule has 7 heteroatoms. The van der Waals surface area contributed by atoms with Crippen LogP contribution in [0.5, 0.6) is 5.75 Å². The molecular weight excluding hydrogens is 345 g/mol. The maximum atomic E-state index is 13.2. The first kappa shape index (κ1) is 17.0. The number of benzene rings is 2. The zero-order valence-corrected chi connectivity index (χ0v) is 14.1. The van der Waals surface area contributed by atoms with Crippen LogP contribution in [0, 0.1) is 5.82 Å². The Hall–Kier alpha value is -2.86. The van der Waals surface area contributed by atoms with Crippen LogP contribution in [0.25, 0.3) is 11.3 Å². The Morgan fingerprint density at radius 3 is 2.64 bits per heavy atom. The summed E-state index contributed by atoms with van der Waals surface area (Å²) in [6.45, 7) is 0.342. The van der Waals surface area contributed by atoms with Crippen molar-refractivity contribution in [1.29, 1.82) is 0 Å². The highest BCUT2D eigenvalue weighted by Crippen LogP contribution is 2.21. The normalized spacial score (nSPS) is 10.5. The number of ether oxygens (including phenoxy) is 1. The average Bonchev–Trinajstić information content (AvgIpc) is 2.62. The van der Waals surface area contributed by atoms with Crippen LogP contribution in [0.1, 0.15) is 5.56 Å². The number of nitrogens with one attached hydrogen (secondary N) is 2. The fourth-order valence-electron chi connectivity index (χ4n) is 2.29. The van der Waals surface area contributed by atoms with Gasteiger partial charge in [-0.25, -0.2) is 9.37 Å². The highest BCUT2D eigenvalue weighted by atomic mass is 35.5. The third kappa shape index (κ3) is 4.16. The van der Waals surface area contributed by atoms with Crippen molar-refractivity contribution in [2.24, 2.45) is 0 Å². The molecule has 0 aliphatic heterocycles. The second kappa shape index (κ2) is 7.36. The number of halogens is 2. The molecule has 0 saturated heterocycles. The Morgan fingerprint density at radius 1 is 1.20 bits per heavy atom. The third-order valence-corrected chi connectivity index (χ3v) is 3.86. The summed E-state index contributed by atoms with van der Waals surface area (Å²) in [6, 6.07) is 13.1. The minimum atomic E-state index is -0.474. The molecule has 25 heavy (non-hydrogen) atoms. The van der Waals surface area contributed by atoms with E-state index in [2.05, 4.69) is 15.3 Å². The zero-order chi connectivity index (χ0) is 17.8. The predicted octanol–water partition coefficient (Wildman–Crippen LogP) is 3.85. The van der Waals surface area contributed by atoms with Gasteiger partial charge < -0.3 is 10.1 Å². The number of nitrogens with zero attached hydrogens (tertiary/aromatic N) is 1. The monoisotopic (exact) mass is 359 g/mol. The van der Waals surface area contributed by atoms with Gasteiger partial charge in [-0.05, 0) is 42.0 Å². The summed E-state index contributed by atoms with van der Waals surface area (Å²) >= 11 is 5.76. The van der Waals surface area contributed by atoms with E-state index in [4.69, 9.17) is 16.3 Å². The van der Waals surface area contributed by atoms with E-state index in [1.807, 2.05) is 12.1 Å². The molecule has 0 amide bonds. The Bertz CT molecular complexity index is 942. The Kier molecular flexibility index (Phi) is 5.00. The number of rotatable bonds is 5. The van der Waals surface area contributed by atoms with Crippen molar-refractivity contribution >= 4 is 17.5 Å². The first-order valence-corrected chi connectivity index (χ1v) is 7.86. The molecule has 128 valence electrons. The molecule has 0 aliphatic rings. The third-order valence-electron chi connectivity index (χ3n) is 3.57. The van der Waals surface area contributed by atoms with Crippen molar-refractivity contribution in [2.45, 2.75) is 6.54 Å². The second-order valence-electron chi connectivity index (χ2n) is 5.31. The summed E-state index contributed by atoms with van der Waals surface area (Å²) in [6.07, 6.45) is 0. The summed E-state index contributed by atoms with van der Waals surface area (Å²) in [5, 5.41) is 3.06. The number of H-pyrrole nitrogens is 1. The van der Waals surface area contributed by atoms with Crippen LogP contribution in [0.4, 0.5) is 10.3 Å². The molecule has 0 spiro atoms. The van der Waals surface area contributed by atoms with E-state index in [1.165, 1.54) is 18.2 Å². The molecule has 2 aromatic carbocycles. The van der Waals surface area contributed by atoms with Gasteiger partial charge in [-0.15, -0.1) is 0 Å². The number of aromatic amines is 1. The van der Waals surface area contributed by atoms with E-state index in [-0.39, 0.29) is 10.6 Å².